The Balaban J connectivity index is 1.66. The van der Waals surface area contributed by atoms with Crippen LogP contribution in [0.4, 0.5) is 0 Å². The second-order valence-electron chi connectivity index (χ2n) is 4.74. The quantitative estimate of drug-likeness (QED) is 0.730. The third-order valence-electron chi connectivity index (χ3n) is 3.49. The van der Waals surface area contributed by atoms with Crippen molar-refractivity contribution < 1.29 is 9.47 Å². The molecule has 1 aliphatic rings. The molecule has 0 saturated heterocycles. The zero-order valence-electron chi connectivity index (χ0n) is 11.9. The lowest BCUT2D eigenvalue weighted by Gasteiger charge is -2.17. The van der Waals surface area contributed by atoms with E-state index in [0.717, 1.165) is 37.7 Å². The Morgan fingerprint density at radius 3 is 2.74 bits per heavy atom. The summed E-state index contributed by atoms with van der Waals surface area (Å²) in [6.45, 7) is 10.1. The highest BCUT2D eigenvalue weighted by Gasteiger charge is 2.12. The normalized spacial score (nSPS) is 13.2. The fraction of sp³-hybridized carbons (Fsp3) is 0.600. The second-order valence-corrected chi connectivity index (χ2v) is 4.74. The predicted molar refractivity (Wildman–Crippen MR) is 76.7 cm³/mol. The van der Waals surface area contributed by atoms with Gasteiger partial charge in [-0.2, -0.15) is 0 Å². The van der Waals surface area contributed by atoms with Crippen molar-refractivity contribution in [1.82, 2.24) is 10.2 Å². The molecule has 106 valence electrons. The van der Waals surface area contributed by atoms with Gasteiger partial charge in [0, 0.05) is 6.54 Å². The van der Waals surface area contributed by atoms with Gasteiger partial charge >= 0.3 is 0 Å². The average Bonchev–Trinajstić information content (AvgIpc) is 2.90. The molecule has 4 nitrogen and oxygen atoms in total. The molecule has 0 amide bonds. The number of nitrogens with zero attached hydrogens (tertiary/aromatic N) is 1. The summed E-state index contributed by atoms with van der Waals surface area (Å²) in [4.78, 5) is 2.45. The van der Waals surface area contributed by atoms with Crippen molar-refractivity contribution in [3.8, 4) is 11.5 Å². The minimum absolute atomic E-state index is 0.343. The fourth-order valence-electron chi connectivity index (χ4n) is 2.25. The van der Waals surface area contributed by atoms with Crippen LogP contribution < -0.4 is 14.8 Å². The Morgan fingerprint density at radius 2 is 1.95 bits per heavy atom. The van der Waals surface area contributed by atoms with E-state index >= 15 is 0 Å². The molecule has 0 radical (unpaired) electrons. The molecule has 1 aromatic carbocycles. The number of hydrogen-bond donors (Lipinski definition) is 1. The van der Waals surface area contributed by atoms with Gasteiger partial charge in [-0.25, -0.2) is 0 Å². The van der Waals surface area contributed by atoms with E-state index in [1.54, 1.807) is 0 Å². The lowest BCUT2D eigenvalue weighted by atomic mass is 10.2. The van der Waals surface area contributed by atoms with Crippen molar-refractivity contribution in [1.29, 1.82) is 0 Å². The highest BCUT2D eigenvalue weighted by atomic mass is 16.7. The standard InChI is InChI=1S/C15H24N2O2/c1-3-17(4-2)9-5-8-16-11-13-6-7-14-15(10-13)19-12-18-14/h6-7,10,16H,3-5,8-9,11-12H2,1-2H3. The van der Waals surface area contributed by atoms with Gasteiger partial charge in [-0.1, -0.05) is 19.9 Å². The lowest BCUT2D eigenvalue weighted by molar-refractivity contribution is 0.174. The van der Waals surface area contributed by atoms with Crippen molar-refractivity contribution in [3.63, 3.8) is 0 Å². The van der Waals surface area contributed by atoms with Crippen molar-refractivity contribution in [2.24, 2.45) is 0 Å². The number of rotatable bonds is 8. The van der Waals surface area contributed by atoms with Crippen LogP contribution in [0.25, 0.3) is 0 Å². The monoisotopic (exact) mass is 264 g/mol. The first kappa shape index (κ1) is 14.2. The van der Waals surface area contributed by atoms with E-state index in [2.05, 4.69) is 36.2 Å². The summed E-state index contributed by atoms with van der Waals surface area (Å²) in [6, 6.07) is 6.12. The Labute approximate surface area is 115 Å². The van der Waals surface area contributed by atoms with Gasteiger partial charge in [0.25, 0.3) is 0 Å². The van der Waals surface area contributed by atoms with Gasteiger partial charge in [0.2, 0.25) is 6.79 Å². The summed E-state index contributed by atoms with van der Waals surface area (Å²) < 4.78 is 10.7. The molecule has 1 aromatic rings. The largest absolute Gasteiger partial charge is 0.454 e. The summed E-state index contributed by atoms with van der Waals surface area (Å²) >= 11 is 0. The molecular weight excluding hydrogens is 240 g/mol. The summed E-state index contributed by atoms with van der Waals surface area (Å²) in [6.07, 6.45) is 1.19. The molecule has 0 saturated carbocycles. The first-order valence-electron chi connectivity index (χ1n) is 7.15. The van der Waals surface area contributed by atoms with Crippen LogP contribution in [0.1, 0.15) is 25.8 Å². The van der Waals surface area contributed by atoms with Crippen LogP contribution in [0.3, 0.4) is 0 Å². The highest BCUT2D eigenvalue weighted by Crippen LogP contribution is 2.32. The molecule has 1 N–H and O–H groups in total. The third-order valence-corrected chi connectivity index (χ3v) is 3.49. The van der Waals surface area contributed by atoms with Crippen molar-refractivity contribution in [2.75, 3.05) is 33.0 Å². The molecule has 0 atom stereocenters. The summed E-state index contributed by atoms with van der Waals surface area (Å²) in [5.74, 6) is 1.72. The molecule has 0 fully saturated rings. The molecular formula is C15H24N2O2. The minimum Gasteiger partial charge on any atom is -0.454 e. The average molecular weight is 264 g/mol. The van der Waals surface area contributed by atoms with Crippen LogP contribution in [-0.4, -0.2) is 37.9 Å². The smallest absolute Gasteiger partial charge is 0.231 e. The van der Waals surface area contributed by atoms with Crippen molar-refractivity contribution >= 4 is 0 Å². The molecule has 2 rings (SSSR count). The van der Waals surface area contributed by atoms with Crippen LogP contribution in [0.2, 0.25) is 0 Å². The SMILES string of the molecule is CCN(CC)CCCNCc1ccc2c(c1)OCO2. The van der Waals surface area contributed by atoms with E-state index < -0.39 is 0 Å². The molecule has 4 heteroatoms. The Hall–Kier alpha value is -1.26. The maximum Gasteiger partial charge on any atom is 0.231 e. The highest BCUT2D eigenvalue weighted by molar-refractivity contribution is 5.44. The number of benzene rings is 1. The number of nitrogens with one attached hydrogen (secondary N) is 1. The maximum absolute atomic E-state index is 5.37. The topological polar surface area (TPSA) is 33.7 Å². The summed E-state index contributed by atoms with van der Waals surface area (Å²) in [5.41, 5.74) is 1.24. The number of fused-ring (bicyclic) bond motifs is 1. The molecule has 1 aliphatic heterocycles. The first-order valence-corrected chi connectivity index (χ1v) is 7.15. The number of ether oxygens (including phenoxy) is 2. The van der Waals surface area contributed by atoms with E-state index in [-0.39, 0.29) is 0 Å². The Bertz CT molecular complexity index is 392. The van der Waals surface area contributed by atoms with Gasteiger partial charge in [0.05, 0.1) is 0 Å². The van der Waals surface area contributed by atoms with E-state index in [1.807, 2.05) is 6.07 Å². The van der Waals surface area contributed by atoms with E-state index in [4.69, 9.17) is 9.47 Å². The molecule has 0 bridgehead atoms. The van der Waals surface area contributed by atoms with E-state index in [0.29, 0.717) is 6.79 Å². The van der Waals surface area contributed by atoms with E-state index in [1.165, 1.54) is 18.5 Å². The van der Waals surface area contributed by atoms with Crippen LogP contribution >= 0.6 is 0 Å². The molecule has 0 unspecified atom stereocenters. The molecule has 0 aromatic heterocycles. The zero-order valence-corrected chi connectivity index (χ0v) is 11.9. The molecule has 0 aliphatic carbocycles. The molecule has 0 spiro atoms. The van der Waals surface area contributed by atoms with Crippen LogP contribution in [-0.2, 0) is 6.54 Å². The van der Waals surface area contributed by atoms with Crippen molar-refractivity contribution in [3.05, 3.63) is 23.8 Å². The van der Waals surface area contributed by atoms with Gasteiger partial charge in [0.1, 0.15) is 0 Å². The summed E-state index contributed by atoms with van der Waals surface area (Å²) in [5, 5.41) is 3.47. The maximum atomic E-state index is 5.37. The van der Waals surface area contributed by atoms with Crippen LogP contribution in [0.15, 0.2) is 18.2 Å². The van der Waals surface area contributed by atoms with Crippen molar-refractivity contribution in [2.45, 2.75) is 26.8 Å². The van der Waals surface area contributed by atoms with Gasteiger partial charge in [0.15, 0.2) is 11.5 Å². The second kappa shape index (κ2) is 7.36. The molecule has 19 heavy (non-hydrogen) atoms. The van der Waals surface area contributed by atoms with Gasteiger partial charge < -0.3 is 19.7 Å². The predicted octanol–water partition coefficient (Wildman–Crippen LogP) is 2.24. The van der Waals surface area contributed by atoms with Gasteiger partial charge in [-0.3, -0.25) is 0 Å². The summed E-state index contributed by atoms with van der Waals surface area (Å²) in [7, 11) is 0. The van der Waals surface area contributed by atoms with Crippen LogP contribution in [0.5, 0.6) is 11.5 Å². The Kier molecular flexibility index (Phi) is 5.48. The third kappa shape index (κ3) is 4.11. The molecule has 1 heterocycles. The van der Waals surface area contributed by atoms with Gasteiger partial charge in [-0.05, 0) is 50.3 Å². The fourth-order valence-corrected chi connectivity index (χ4v) is 2.25. The Morgan fingerprint density at radius 1 is 1.16 bits per heavy atom. The van der Waals surface area contributed by atoms with Crippen LogP contribution in [0, 0.1) is 0 Å². The lowest BCUT2D eigenvalue weighted by Crippen LogP contribution is -2.27. The van der Waals surface area contributed by atoms with E-state index in [9.17, 15) is 0 Å². The first-order chi connectivity index (χ1) is 9.33. The zero-order chi connectivity index (χ0) is 13.5. The number of hydrogen-bond acceptors (Lipinski definition) is 4. The minimum atomic E-state index is 0.343. The van der Waals surface area contributed by atoms with Gasteiger partial charge in [-0.15, -0.1) is 0 Å².